The van der Waals surface area contributed by atoms with Crippen LogP contribution in [0.2, 0.25) is 0 Å². The zero-order valence-corrected chi connectivity index (χ0v) is 16.7. The Morgan fingerprint density at radius 2 is 1.85 bits per heavy atom. The van der Waals surface area contributed by atoms with Gasteiger partial charge in [0.2, 0.25) is 5.76 Å². The van der Waals surface area contributed by atoms with Gasteiger partial charge in [-0.05, 0) is 23.8 Å². The van der Waals surface area contributed by atoms with Crippen LogP contribution in [-0.2, 0) is 0 Å². The van der Waals surface area contributed by atoms with Gasteiger partial charge in [-0.25, -0.2) is 0 Å². The summed E-state index contributed by atoms with van der Waals surface area (Å²) in [5, 5.41) is 0.483. The van der Waals surface area contributed by atoms with Gasteiger partial charge in [-0.15, -0.1) is 0 Å². The number of carbonyl (C=O) groups excluding carboxylic acids is 1. The van der Waals surface area contributed by atoms with Crippen molar-refractivity contribution in [1.29, 1.82) is 0 Å². The Morgan fingerprint density at radius 3 is 2.56 bits per heavy atom. The standard InChI is InChI=1S/C21H19BrN2O3/c1-23(2)10-11-24-18(13-6-4-3-5-7-13)17-19(25)15-12-14(22)8-9-16(15)27-20(17)21(24)26/h3-9,12,18H,10-11H2,1-2H3/p+1/t18-/m1/s1. The molecule has 1 atom stereocenters. The molecule has 0 saturated heterocycles. The molecule has 0 radical (unpaired) electrons. The van der Waals surface area contributed by atoms with Crippen LogP contribution in [0.4, 0.5) is 0 Å². The number of quaternary nitrogens is 1. The van der Waals surface area contributed by atoms with Crippen molar-refractivity contribution in [2.45, 2.75) is 6.04 Å². The van der Waals surface area contributed by atoms with Gasteiger partial charge in [0.1, 0.15) is 5.58 Å². The summed E-state index contributed by atoms with van der Waals surface area (Å²) in [5.41, 5.74) is 1.64. The Bertz CT molecular complexity index is 1080. The summed E-state index contributed by atoms with van der Waals surface area (Å²) in [6, 6.07) is 14.5. The summed E-state index contributed by atoms with van der Waals surface area (Å²) in [6.45, 7) is 1.33. The minimum atomic E-state index is -0.423. The normalized spacial score (nSPS) is 16.4. The van der Waals surface area contributed by atoms with Crippen molar-refractivity contribution < 1.29 is 14.1 Å². The molecule has 1 aliphatic heterocycles. The quantitative estimate of drug-likeness (QED) is 0.694. The number of fused-ring (bicyclic) bond motifs is 2. The van der Waals surface area contributed by atoms with Crippen LogP contribution in [-0.4, -0.2) is 38.0 Å². The van der Waals surface area contributed by atoms with Crippen LogP contribution in [0.25, 0.3) is 11.0 Å². The fourth-order valence-corrected chi connectivity index (χ4v) is 3.91. The molecule has 3 aromatic rings. The number of hydrogen-bond acceptors (Lipinski definition) is 3. The Morgan fingerprint density at radius 1 is 1.11 bits per heavy atom. The SMILES string of the molecule is C[NH+](C)CCN1C(=O)c2oc3ccc(Br)cc3c(=O)c2[C@H]1c1ccccc1. The first-order chi connectivity index (χ1) is 13.0. The van der Waals surface area contributed by atoms with Gasteiger partial charge in [-0.1, -0.05) is 46.3 Å². The van der Waals surface area contributed by atoms with Gasteiger partial charge in [0.15, 0.2) is 5.43 Å². The van der Waals surface area contributed by atoms with E-state index in [1.807, 2.05) is 44.4 Å². The minimum Gasteiger partial charge on any atom is -0.450 e. The smallest absolute Gasteiger partial charge is 0.291 e. The van der Waals surface area contributed by atoms with Crippen molar-refractivity contribution in [3.63, 3.8) is 0 Å². The lowest BCUT2D eigenvalue weighted by Gasteiger charge is -2.25. The molecule has 0 unspecified atom stereocenters. The third-order valence-corrected chi connectivity index (χ3v) is 5.39. The molecule has 6 heteroatoms. The van der Waals surface area contributed by atoms with E-state index in [0.29, 0.717) is 23.1 Å². The highest BCUT2D eigenvalue weighted by Crippen LogP contribution is 2.37. The van der Waals surface area contributed by atoms with Gasteiger partial charge in [-0.3, -0.25) is 9.59 Å². The molecule has 2 heterocycles. The molecule has 1 amide bonds. The number of carbonyl (C=O) groups is 1. The molecule has 1 aliphatic rings. The number of nitrogens with zero attached hydrogens (tertiary/aromatic N) is 1. The van der Waals surface area contributed by atoms with Crippen LogP contribution >= 0.6 is 15.9 Å². The molecular weight excluding hydrogens is 408 g/mol. The molecule has 0 aliphatic carbocycles. The maximum atomic E-state index is 13.3. The van der Waals surface area contributed by atoms with Crippen molar-refractivity contribution in [1.82, 2.24) is 4.90 Å². The second-order valence-electron chi connectivity index (χ2n) is 7.08. The lowest BCUT2D eigenvalue weighted by molar-refractivity contribution is -0.857. The lowest BCUT2D eigenvalue weighted by atomic mass is 9.98. The molecule has 0 fully saturated rings. The van der Waals surface area contributed by atoms with Crippen LogP contribution in [0.15, 0.2) is 62.2 Å². The van der Waals surface area contributed by atoms with Crippen LogP contribution in [0, 0.1) is 0 Å². The summed E-state index contributed by atoms with van der Waals surface area (Å²) in [5.74, 6) is -0.0561. The number of likely N-dealkylation sites (N-methyl/N-ethyl adjacent to an activating group) is 1. The Kier molecular flexibility index (Phi) is 4.61. The molecule has 27 heavy (non-hydrogen) atoms. The van der Waals surface area contributed by atoms with E-state index in [0.717, 1.165) is 16.6 Å². The summed E-state index contributed by atoms with van der Waals surface area (Å²) in [7, 11) is 4.08. The van der Waals surface area contributed by atoms with Gasteiger partial charge in [-0.2, -0.15) is 0 Å². The first-order valence-corrected chi connectivity index (χ1v) is 9.68. The molecule has 1 aromatic heterocycles. The zero-order chi connectivity index (χ0) is 19.1. The van der Waals surface area contributed by atoms with Crippen molar-refractivity contribution in [2.75, 3.05) is 27.2 Å². The Balaban J connectivity index is 1.95. The summed E-state index contributed by atoms with van der Waals surface area (Å²) in [4.78, 5) is 29.4. The molecule has 138 valence electrons. The summed E-state index contributed by atoms with van der Waals surface area (Å²) >= 11 is 3.41. The molecule has 0 saturated carbocycles. The first-order valence-electron chi connectivity index (χ1n) is 8.88. The van der Waals surface area contributed by atoms with Crippen molar-refractivity contribution in [3.05, 3.63) is 80.1 Å². The van der Waals surface area contributed by atoms with Gasteiger partial charge in [0.25, 0.3) is 5.91 Å². The number of amides is 1. The highest BCUT2D eigenvalue weighted by Gasteiger charge is 2.42. The predicted molar refractivity (Wildman–Crippen MR) is 107 cm³/mol. The number of benzene rings is 2. The fourth-order valence-electron chi connectivity index (χ4n) is 3.55. The minimum absolute atomic E-state index is 0.144. The molecule has 1 N–H and O–H groups in total. The molecule has 0 spiro atoms. The Labute approximate surface area is 165 Å². The van der Waals surface area contributed by atoms with E-state index < -0.39 is 6.04 Å². The number of nitrogens with one attached hydrogen (secondary N) is 1. The molecule has 5 nitrogen and oxygen atoms in total. The second-order valence-corrected chi connectivity index (χ2v) is 8.00. The van der Waals surface area contributed by atoms with Gasteiger partial charge in [0, 0.05) is 4.47 Å². The monoisotopic (exact) mass is 427 g/mol. The van der Waals surface area contributed by atoms with Crippen LogP contribution < -0.4 is 10.3 Å². The van der Waals surface area contributed by atoms with E-state index in [4.69, 9.17) is 4.42 Å². The van der Waals surface area contributed by atoms with Crippen molar-refractivity contribution >= 4 is 32.8 Å². The van der Waals surface area contributed by atoms with E-state index in [2.05, 4.69) is 15.9 Å². The molecule has 0 bridgehead atoms. The number of halogens is 1. The lowest BCUT2D eigenvalue weighted by Crippen LogP contribution is -3.06. The largest absolute Gasteiger partial charge is 0.450 e. The highest BCUT2D eigenvalue weighted by atomic mass is 79.9. The summed E-state index contributed by atoms with van der Waals surface area (Å²) in [6.07, 6.45) is 0. The van der Waals surface area contributed by atoms with Crippen molar-refractivity contribution in [2.24, 2.45) is 0 Å². The van der Waals surface area contributed by atoms with Crippen LogP contribution in [0.5, 0.6) is 0 Å². The maximum Gasteiger partial charge on any atom is 0.291 e. The van der Waals surface area contributed by atoms with E-state index >= 15 is 0 Å². The zero-order valence-electron chi connectivity index (χ0n) is 15.2. The third kappa shape index (κ3) is 3.09. The molecule has 2 aromatic carbocycles. The van der Waals surface area contributed by atoms with Gasteiger partial charge < -0.3 is 14.2 Å². The van der Waals surface area contributed by atoms with E-state index in [9.17, 15) is 9.59 Å². The number of rotatable bonds is 4. The maximum absolute atomic E-state index is 13.3. The van der Waals surface area contributed by atoms with Crippen LogP contribution in [0.1, 0.15) is 27.7 Å². The van der Waals surface area contributed by atoms with Crippen molar-refractivity contribution in [3.8, 4) is 0 Å². The van der Waals surface area contributed by atoms with Crippen LogP contribution in [0.3, 0.4) is 0 Å². The van der Waals surface area contributed by atoms with E-state index in [1.54, 1.807) is 23.1 Å². The highest BCUT2D eigenvalue weighted by molar-refractivity contribution is 9.10. The second kappa shape index (κ2) is 6.94. The topological polar surface area (TPSA) is 55.0 Å². The molecular formula is C21H20BrN2O3+. The van der Waals surface area contributed by atoms with Gasteiger partial charge >= 0.3 is 0 Å². The fraction of sp³-hybridized carbons (Fsp3) is 0.238. The average Bonchev–Trinajstić information content (AvgIpc) is 2.94. The third-order valence-electron chi connectivity index (χ3n) is 4.90. The predicted octanol–water partition coefficient (Wildman–Crippen LogP) is 2.25. The van der Waals surface area contributed by atoms with E-state index in [1.165, 1.54) is 4.90 Å². The van der Waals surface area contributed by atoms with E-state index in [-0.39, 0.29) is 17.1 Å². The number of hydrogen-bond donors (Lipinski definition) is 1. The Hall–Kier alpha value is -2.44. The molecule has 4 rings (SSSR count). The summed E-state index contributed by atoms with van der Waals surface area (Å²) < 4.78 is 6.72. The average molecular weight is 428 g/mol. The first kappa shape index (κ1) is 17.9. The van der Waals surface area contributed by atoms with Gasteiger partial charge in [0.05, 0.1) is 44.2 Å².